The molecule has 0 amide bonds. The molecule has 0 aliphatic carbocycles. The van der Waals surface area contributed by atoms with Crippen LogP contribution < -0.4 is 4.74 Å². The first-order valence-corrected chi connectivity index (χ1v) is 10.4. The average molecular weight is 419 g/mol. The van der Waals surface area contributed by atoms with Gasteiger partial charge in [0.05, 0.1) is 30.6 Å². The summed E-state index contributed by atoms with van der Waals surface area (Å²) in [5, 5.41) is 13.7. The van der Waals surface area contributed by atoms with Gasteiger partial charge in [-0.1, -0.05) is 6.07 Å². The van der Waals surface area contributed by atoms with Crippen molar-refractivity contribution < 1.29 is 9.84 Å². The second kappa shape index (κ2) is 7.66. The molecule has 0 bridgehead atoms. The third-order valence-electron chi connectivity index (χ3n) is 5.55. The Morgan fingerprint density at radius 1 is 1.19 bits per heavy atom. The molecule has 0 unspecified atom stereocenters. The Balaban J connectivity index is 1.57. The Morgan fingerprint density at radius 2 is 2.06 bits per heavy atom. The molecule has 0 atom stereocenters. The van der Waals surface area contributed by atoms with Crippen LogP contribution in [-0.4, -0.2) is 52.2 Å². The molecule has 5 rings (SSSR count). The number of aliphatic hydroxyl groups is 1. The molecule has 9 heteroatoms. The van der Waals surface area contributed by atoms with Crippen LogP contribution in [0.15, 0.2) is 36.9 Å². The monoisotopic (exact) mass is 419 g/mol. The van der Waals surface area contributed by atoms with Crippen molar-refractivity contribution in [2.75, 3.05) is 13.2 Å². The molecule has 1 aliphatic heterocycles. The Labute approximate surface area is 180 Å². The molecular weight excluding hydrogens is 394 g/mol. The number of aliphatic hydroxyl groups excluding tert-OH is 1. The van der Waals surface area contributed by atoms with E-state index in [4.69, 9.17) is 9.72 Å². The average Bonchev–Trinajstić information content (AvgIpc) is 3.46. The van der Waals surface area contributed by atoms with Crippen LogP contribution in [0.25, 0.3) is 34.2 Å². The summed E-state index contributed by atoms with van der Waals surface area (Å²) in [5.74, 6) is 3.27. The van der Waals surface area contributed by atoms with Crippen molar-refractivity contribution in [3.05, 3.63) is 42.7 Å². The van der Waals surface area contributed by atoms with Crippen LogP contribution in [0.1, 0.15) is 25.7 Å². The van der Waals surface area contributed by atoms with Gasteiger partial charge in [-0.05, 0) is 32.9 Å². The third-order valence-corrected chi connectivity index (χ3v) is 5.55. The minimum Gasteiger partial charge on any atom is -0.491 e. The molecule has 9 nitrogen and oxygen atoms in total. The summed E-state index contributed by atoms with van der Waals surface area (Å²) in [7, 11) is 0. The van der Waals surface area contributed by atoms with E-state index >= 15 is 0 Å². The smallest absolute Gasteiger partial charge is 0.178 e. The van der Waals surface area contributed by atoms with E-state index in [0.717, 1.165) is 45.7 Å². The number of ether oxygens (including phenoxy) is 1. The largest absolute Gasteiger partial charge is 0.491 e. The van der Waals surface area contributed by atoms with Crippen LogP contribution in [0.5, 0.6) is 5.75 Å². The summed E-state index contributed by atoms with van der Waals surface area (Å²) in [6.45, 7) is 7.90. The molecule has 31 heavy (non-hydrogen) atoms. The highest BCUT2D eigenvalue weighted by Gasteiger charge is 2.22. The number of hydrogen-bond donors (Lipinski definition) is 1. The van der Waals surface area contributed by atoms with E-state index in [1.54, 1.807) is 6.33 Å². The zero-order valence-electron chi connectivity index (χ0n) is 17.9. The van der Waals surface area contributed by atoms with Crippen molar-refractivity contribution in [2.24, 2.45) is 0 Å². The van der Waals surface area contributed by atoms with E-state index < -0.39 is 0 Å². The Bertz CT molecular complexity index is 1230. The zero-order valence-corrected chi connectivity index (χ0v) is 17.9. The molecule has 1 N–H and O–H groups in total. The standard InChI is InChI=1S/C22H25N7O2/c1-14(2)29-22(24-13-25-29)18-12-27-7-9-31-20-10-16(4-5-17(20)21(27)26-18)19-11-23-15(3)28(19)6-8-30/h4-5,10-14,30H,6-9H2,1-3H3. The van der Waals surface area contributed by atoms with Crippen molar-refractivity contribution in [1.82, 2.24) is 33.9 Å². The maximum Gasteiger partial charge on any atom is 0.178 e. The van der Waals surface area contributed by atoms with Gasteiger partial charge in [0.1, 0.15) is 36.0 Å². The Hall–Kier alpha value is -3.46. The quantitative estimate of drug-likeness (QED) is 0.534. The van der Waals surface area contributed by atoms with Gasteiger partial charge in [0.2, 0.25) is 0 Å². The second-order valence-electron chi connectivity index (χ2n) is 7.89. The van der Waals surface area contributed by atoms with Crippen LogP contribution in [0.3, 0.4) is 0 Å². The Kier molecular flexibility index (Phi) is 4.82. The van der Waals surface area contributed by atoms with Gasteiger partial charge in [-0.2, -0.15) is 5.10 Å². The van der Waals surface area contributed by atoms with Crippen LogP contribution >= 0.6 is 0 Å². The van der Waals surface area contributed by atoms with Gasteiger partial charge in [0.15, 0.2) is 5.82 Å². The topological polar surface area (TPSA) is 95.8 Å². The number of imidazole rings is 2. The lowest BCUT2D eigenvalue weighted by Crippen LogP contribution is -2.06. The summed E-state index contributed by atoms with van der Waals surface area (Å²) in [4.78, 5) is 13.7. The van der Waals surface area contributed by atoms with Crippen molar-refractivity contribution in [3.63, 3.8) is 0 Å². The fourth-order valence-electron chi connectivity index (χ4n) is 4.04. The van der Waals surface area contributed by atoms with Crippen LogP contribution in [-0.2, 0) is 13.1 Å². The second-order valence-corrected chi connectivity index (χ2v) is 7.89. The van der Waals surface area contributed by atoms with Gasteiger partial charge in [-0.3, -0.25) is 0 Å². The molecule has 1 aromatic carbocycles. The summed E-state index contributed by atoms with van der Waals surface area (Å²) < 4.78 is 12.1. The fourth-order valence-corrected chi connectivity index (χ4v) is 4.04. The normalized spacial score (nSPS) is 13.1. The summed E-state index contributed by atoms with van der Waals surface area (Å²) in [5.41, 5.74) is 3.69. The summed E-state index contributed by atoms with van der Waals surface area (Å²) >= 11 is 0. The minimum atomic E-state index is 0.0623. The minimum absolute atomic E-state index is 0.0623. The van der Waals surface area contributed by atoms with Crippen molar-refractivity contribution >= 4 is 0 Å². The lowest BCUT2D eigenvalue weighted by molar-refractivity contribution is 0.275. The highest BCUT2D eigenvalue weighted by molar-refractivity contribution is 5.74. The molecule has 0 radical (unpaired) electrons. The van der Waals surface area contributed by atoms with Gasteiger partial charge >= 0.3 is 0 Å². The molecule has 0 saturated carbocycles. The number of aromatic nitrogens is 7. The SMILES string of the molecule is Cc1ncc(-c2ccc3c(c2)OCCn2cc(-c4ncnn4C(C)C)nc2-3)n1CCO. The van der Waals surface area contributed by atoms with Gasteiger partial charge < -0.3 is 19.0 Å². The van der Waals surface area contributed by atoms with Crippen LogP contribution in [0, 0.1) is 6.92 Å². The molecule has 4 aromatic rings. The molecule has 1 aliphatic rings. The van der Waals surface area contributed by atoms with Gasteiger partial charge in [0.25, 0.3) is 0 Å². The van der Waals surface area contributed by atoms with Crippen LogP contribution in [0.2, 0.25) is 0 Å². The van der Waals surface area contributed by atoms with Crippen molar-refractivity contribution in [3.8, 4) is 39.9 Å². The number of fused-ring (bicyclic) bond motifs is 3. The first kappa shape index (κ1) is 19.5. The molecule has 0 fully saturated rings. The fraction of sp³-hybridized carbons (Fsp3) is 0.364. The zero-order chi connectivity index (χ0) is 21.5. The molecule has 0 saturated heterocycles. The van der Waals surface area contributed by atoms with E-state index in [2.05, 4.69) is 33.5 Å². The van der Waals surface area contributed by atoms with Gasteiger partial charge in [-0.15, -0.1) is 0 Å². The van der Waals surface area contributed by atoms with E-state index in [-0.39, 0.29) is 12.6 Å². The van der Waals surface area contributed by atoms with Crippen molar-refractivity contribution in [1.29, 1.82) is 0 Å². The van der Waals surface area contributed by atoms with E-state index in [1.165, 1.54) is 0 Å². The van der Waals surface area contributed by atoms with Gasteiger partial charge in [-0.25, -0.2) is 19.6 Å². The first-order valence-electron chi connectivity index (χ1n) is 10.4. The van der Waals surface area contributed by atoms with Crippen LogP contribution in [0.4, 0.5) is 0 Å². The molecule has 0 spiro atoms. The lowest BCUT2D eigenvalue weighted by atomic mass is 10.1. The van der Waals surface area contributed by atoms with Gasteiger partial charge in [0, 0.05) is 24.3 Å². The predicted octanol–water partition coefficient (Wildman–Crippen LogP) is 2.95. The Morgan fingerprint density at radius 3 is 2.87 bits per heavy atom. The molecule has 4 heterocycles. The maximum atomic E-state index is 9.41. The molecule has 160 valence electrons. The number of hydrogen-bond acceptors (Lipinski definition) is 6. The highest BCUT2D eigenvalue weighted by atomic mass is 16.5. The summed E-state index contributed by atoms with van der Waals surface area (Å²) in [6, 6.07) is 6.31. The van der Waals surface area contributed by atoms with Crippen molar-refractivity contribution in [2.45, 2.75) is 39.9 Å². The number of benzene rings is 1. The third kappa shape index (κ3) is 3.31. The van der Waals surface area contributed by atoms with E-state index in [0.29, 0.717) is 19.7 Å². The molecular formula is C22H25N7O2. The number of rotatable bonds is 5. The number of nitrogens with zero attached hydrogens (tertiary/aromatic N) is 7. The predicted molar refractivity (Wildman–Crippen MR) is 116 cm³/mol. The summed E-state index contributed by atoms with van der Waals surface area (Å²) in [6.07, 6.45) is 5.42. The van der Waals surface area contributed by atoms with E-state index in [9.17, 15) is 5.11 Å². The lowest BCUT2D eigenvalue weighted by Gasteiger charge is -2.12. The highest BCUT2D eigenvalue weighted by Crippen LogP contribution is 2.37. The molecule has 3 aromatic heterocycles. The van der Waals surface area contributed by atoms with E-state index in [1.807, 2.05) is 46.8 Å². The first-order chi connectivity index (χ1) is 15.1. The maximum absolute atomic E-state index is 9.41. The number of aryl methyl sites for hydroxylation is 1.